The van der Waals surface area contributed by atoms with Gasteiger partial charge >= 0.3 is 0 Å². The first-order chi connectivity index (χ1) is 11.1. The minimum Gasteiger partial charge on any atom is -0.454 e. The standard InChI is InChI=1S/C17H15FN2O3/c18-12-4-1-10(2-5-12)8-20-16(15(19)17(20)21)11-3-6-13-14(7-11)23-9-22-13/h1-7,15-16H,8-9,19H2/t15-,16+/m1/s1. The summed E-state index contributed by atoms with van der Waals surface area (Å²) in [6, 6.07) is 10.9. The van der Waals surface area contributed by atoms with Crippen molar-refractivity contribution < 1.29 is 18.7 Å². The lowest BCUT2D eigenvalue weighted by atomic mass is 9.88. The molecule has 1 amide bonds. The monoisotopic (exact) mass is 314 g/mol. The molecule has 0 bridgehead atoms. The molecule has 118 valence electrons. The first-order valence-corrected chi connectivity index (χ1v) is 7.33. The summed E-state index contributed by atoms with van der Waals surface area (Å²) < 4.78 is 23.7. The Hall–Kier alpha value is -2.60. The molecule has 4 rings (SSSR count). The van der Waals surface area contributed by atoms with E-state index in [0.29, 0.717) is 18.0 Å². The van der Waals surface area contributed by atoms with E-state index in [9.17, 15) is 9.18 Å². The van der Waals surface area contributed by atoms with Crippen LogP contribution >= 0.6 is 0 Å². The zero-order valence-corrected chi connectivity index (χ0v) is 12.2. The Bertz CT molecular complexity index is 763. The third-order valence-electron chi connectivity index (χ3n) is 4.25. The number of likely N-dealkylation sites (tertiary alicyclic amines) is 1. The van der Waals surface area contributed by atoms with E-state index in [1.165, 1.54) is 12.1 Å². The lowest BCUT2D eigenvalue weighted by molar-refractivity contribution is -0.150. The van der Waals surface area contributed by atoms with Gasteiger partial charge in [0.1, 0.15) is 11.9 Å². The van der Waals surface area contributed by atoms with Crippen LogP contribution in [0.2, 0.25) is 0 Å². The number of hydrogen-bond acceptors (Lipinski definition) is 4. The third-order valence-corrected chi connectivity index (χ3v) is 4.25. The number of rotatable bonds is 3. The third kappa shape index (κ3) is 2.31. The molecular weight excluding hydrogens is 299 g/mol. The second-order valence-electron chi connectivity index (χ2n) is 5.68. The fraction of sp³-hybridized carbons (Fsp3) is 0.235. The summed E-state index contributed by atoms with van der Waals surface area (Å²) in [6.45, 7) is 0.597. The molecule has 0 saturated carbocycles. The number of ether oxygens (including phenoxy) is 2. The lowest BCUT2D eigenvalue weighted by Gasteiger charge is -2.45. The van der Waals surface area contributed by atoms with Gasteiger partial charge in [-0.2, -0.15) is 0 Å². The van der Waals surface area contributed by atoms with Crippen LogP contribution in [-0.2, 0) is 11.3 Å². The van der Waals surface area contributed by atoms with Crippen LogP contribution in [-0.4, -0.2) is 23.6 Å². The number of fused-ring (bicyclic) bond motifs is 1. The quantitative estimate of drug-likeness (QED) is 0.880. The number of carbonyl (C=O) groups is 1. The number of hydrogen-bond donors (Lipinski definition) is 1. The number of nitrogens with zero attached hydrogens (tertiary/aromatic N) is 1. The number of β-lactam (4-membered cyclic amide) rings is 1. The number of carbonyl (C=O) groups excluding carboxylic acids is 1. The summed E-state index contributed by atoms with van der Waals surface area (Å²) >= 11 is 0. The van der Waals surface area contributed by atoms with Crippen molar-refractivity contribution >= 4 is 5.91 Å². The molecule has 2 aliphatic rings. The Balaban J connectivity index is 1.59. The van der Waals surface area contributed by atoms with E-state index in [1.54, 1.807) is 17.0 Å². The number of benzene rings is 2. The Kier molecular flexibility index (Phi) is 3.20. The van der Waals surface area contributed by atoms with Crippen LogP contribution in [0.25, 0.3) is 0 Å². The van der Waals surface area contributed by atoms with Crippen LogP contribution in [0.1, 0.15) is 17.2 Å². The normalized spacial score (nSPS) is 22.2. The number of nitrogens with two attached hydrogens (primary N) is 1. The molecule has 2 N–H and O–H groups in total. The molecule has 0 aliphatic carbocycles. The van der Waals surface area contributed by atoms with Gasteiger partial charge in [0.05, 0.1) is 6.04 Å². The summed E-state index contributed by atoms with van der Waals surface area (Å²) in [5.74, 6) is 0.943. The van der Waals surface area contributed by atoms with Crippen LogP contribution in [0.4, 0.5) is 4.39 Å². The van der Waals surface area contributed by atoms with Gasteiger partial charge in [0.25, 0.3) is 0 Å². The zero-order valence-electron chi connectivity index (χ0n) is 12.2. The molecule has 0 aromatic heterocycles. The molecule has 1 saturated heterocycles. The molecule has 1 fully saturated rings. The van der Waals surface area contributed by atoms with E-state index >= 15 is 0 Å². The summed E-state index contributed by atoms with van der Waals surface area (Å²) in [5, 5.41) is 0. The van der Waals surface area contributed by atoms with Crippen LogP contribution in [0.5, 0.6) is 11.5 Å². The van der Waals surface area contributed by atoms with Gasteiger partial charge in [0.2, 0.25) is 12.7 Å². The van der Waals surface area contributed by atoms with Crippen molar-refractivity contribution in [2.24, 2.45) is 5.73 Å². The second kappa shape index (κ2) is 5.24. The van der Waals surface area contributed by atoms with Gasteiger partial charge in [0.15, 0.2) is 11.5 Å². The molecule has 6 heteroatoms. The fourth-order valence-electron chi connectivity index (χ4n) is 3.02. The molecular formula is C17H15FN2O3. The largest absolute Gasteiger partial charge is 0.454 e. The first-order valence-electron chi connectivity index (χ1n) is 7.33. The van der Waals surface area contributed by atoms with Gasteiger partial charge in [0, 0.05) is 6.54 Å². The molecule has 0 spiro atoms. The number of halogens is 1. The van der Waals surface area contributed by atoms with Crippen molar-refractivity contribution in [1.29, 1.82) is 0 Å². The van der Waals surface area contributed by atoms with Crippen molar-refractivity contribution in [1.82, 2.24) is 4.90 Å². The maximum absolute atomic E-state index is 13.0. The van der Waals surface area contributed by atoms with Crippen LogP contribution in [0, 0.1) is 5.82 Å². The van der Waals surface area contributed by atoms with Crippen molar-refractivity contribution in [2.75, 3.05) is 6.79 Å². The smallest absolute Gasteiger partial charge is 0.242 e. The second-order valence-corrected chi connectivity index (χ2v) is 5.68. The van der Waals surface area contributed by atoms with Gasteiger partial charge in [-0.25, -0.2) is 4.39 Å². The molecule has 23 heavy (non-hydrogen) atoms. The van der Waals surface area contributed by atoms with Crippen molar-refractivity contribution in [3.05, 3.63) is 59.4 Å². The molecule has 2 aromatic rings. The van der Waals surface area contributed by atoms with Crippen molar-refractivity contribution in [2.45, 2.75) is 18.6 Å². The molecule has 0 radical (unpaired) electrons. The average Bonchev–Trinajstić information content (AvgIpc) is 3.03. The van der Waals surface area contributed by atoms with Crippen molar-refractivity contribution in [3.8, 4) is 11.5 Å². The van der Waals surface area contributed by atoms with E-state index in [4.69, 9.17) is 15.2 Å². The number of amides is 1. The van der Waals surface area contributed by atoms with Crippen molar-refractivity contribution in [3.63, 3.8) is 0 Å². The van der Waals surface area contributed by atoms with E-state index in [0.717, 1.165) is 11.1 Å². The topological polar surface area (TPSA) is 64.8 Å². The highest BCUT2D eigenvalue weighted by atomic mass is 19.1. The molecule has 0 unspecified atom stereocenters. The van der Waals surface area contributed by atoms with Crippen LogP contribution < -0.4 is 15.2 Å². The van der Waals surface area contributed by atoms with Crippen LogP contribution in [0.3, 0.4) is 0 Å². The maximum atomic E-state index is 13.0. The minimum atomic E-state index is -0.573. The van der Waals surface area contributed by atoms with E-state index in [1.807, 2.05) is 18.2 Å². The lowest BCUT2D eigenvalue weighted by Crippen LogP contribution is -2.62. The summed E-state index contributed by atoms with van der Waals surface area (Å²) in [6.07, 6.45) is 0. The van der Waals surface area contributed by atoms with Gasteiger partial charge < -0.3 is 20.1 Å². The Morgan fingerprint density at radius 3 is 2.65 bits per heavy atom. The molecule has 2 heterocycles. The fourth-order valence-corrected chi connectivity index (χ4v) is 3.02. The summed E-state index contributed by atoms with van der Waals surface area (Å²) in [7, 11) is 0. The van der Waals surface area contributed by atoms with Gasteiger partial charge in [-0.3, -0.25) is 4.79 Å². The molecule has 5 nitrogen and oxygen atoms in total. The van der Waals surface area contributed by atoms with E-state index in [-0.39, 0.29) is 24.6 Å². The molecule has 2 aliphatic heterocycles. The van der Waals surface area contributed by atoms with Gasteiger partial charge in [-0.1, -0.05) is 18.2 Å². The Labute approximate surface area is 132 Å². The average molecular weight is 314 g/mol. The Morgan fingerprint density at radius 2 is 1.87 bits per heavy atom. The van der Waals surface area contributed by atoms with Crippen LogP contribution in [0.15, 0.2) is 42.5 Å². The highest BCUT2D eigenvalue weighted by molar-refractivity contribution is 5.89. The highest BCUT2D eigenvalue weighted by Crippen LogP contribution is 2.40. The predicted molar refractivity (Wildman–Crippen MR) is 80.2 cm³/mol. The highest BCUT2D eigenvalue weighted by Gasteiger charge is 2.45. The van der Waals surface area contributed by atoms with E-state index in [2.05, 4.69) is 0 Å². The molecule has 2 atom stereocenters. The molecule has 2 aromatic carbocycles. The zero-order chi connectivity index (χ0) is 16.0. The minimum absolute atomic E-state index is 0.114. The first kappa shape index (κ1) is 14.0. The van der Waals surface area contributed by atoms with Gasteiger partial charge in [-0.05, 0) is 35.4 Å². The van der Waals surface area contributed by atoms with Gasteiger partial charge in [-0.15, -0.1) is 0 Å². The SMILES string of the molecule is N[C@H]1C(=O)N(Cc2ccc(F)cc2)[C@H]1c1ccc2c(c1)OCO2. The predicted octanol–water partition coefficient (Wildman–Crippen LogP) is 1.97. The van der Waals surface area contributed by atoms with E-state index < -0.39 is 6.04 Å². The maximum Gasteiger partial charge on any atom is 0.242 e. The Morgan fingerprint density at radius 1 is 1.13 bits per heavy atom. The summed E-state index contributed by atoms with van der Waals surface area (Å²) in [4.78, 5) is 13.8. The summed E-state index contributed by atoms with van der Waals surface area (Å²) in [5.41, 5.74) is 7.75.